The minimum absolute atomic E-state index is 0.0157. The van der Waals surface area contributed by atoms with Gasteiger partial charge in [-0.2, -0.15) is 5.10 Å². The SMILES string of the molecule is Cc1nn(C)c(C)c1CN(C)CC(=O)Nc1cccc2ccccc12. The molecule has 0 atom stereocenters. The number of amides is 1. The Morgan fingerprint density at radius 2 is 1.88 bits per heavy atom. The molecule has 0 saturated heterocycles. The van der Waals surface area contributed by atoms with Crippen LogP contribution in [0.25, 0.3) is 10.8 Å². The van der Waals surface area contributed by atoms with Gasteiger partial charge >= 0.3 is 0 Å². The molecule has 2 aromatic carbocycles. The van der Waals surface area contributed by atoms with E-state index in [9.17, 15) is 4.79 Å². The summed E-state index contributed by atoms with van der Waals surface area (Å²) in [5, 5.41) is 9.64. The summed E-state index contributed by atoms with van der Waals surface area (Å²) in [5.74, 6) is -0.0157. The molecule has 0 spiro atoms. The molecule has 0 unspecified atom stereocenters. The van der Waals surface area contributed by atoms with Gasteiger partial charge in [0.1, 0.15) is 0 Å². The monoisotopic (exact) mass is 336 g/mol. The molecule has 3 rings (SSSR count). The Balaban J connectivity index is 1.67. The Morgan fingerprint density at radius 1 is 1.16 bits per heavy atom. The Hall–Kier alpha value is -2.66. The van der Waals surface area contributed by atoms with Gasteiger partial charge in [-0.25, -0.2) is 0 Å². The lowest BCUT2D eigenvalue weighted by Crippen LogP contribution is -2.30. The van der Waals surface area contributed by atoms with Gasteiger partial charge in [-0.1, -0.05) is 36.4 Å². The molecule has 25 heavy (non-hydrogen) atoms. The van der Waals surface area contributed by atoms with Crippen LogP contribution in [0.1, 0.15) is 17.0 Å². The summed E-state index contributed by atoms with van der Waals surface area (Å²) >= 11 is 0. The van der Waals surface area contributed by atoms with Crippen LogP contribution in [-0.4, -0.2) is 34.2 Å². The first-order chi connectivity index (χ1) is 12.0. The molecule has 0 aliphatic heterocycles. The highest BCUT2D eigenvalue weighted by atomic mass is 16.2. The van der Waals surface area contributed by atoms with Crippen LogP contribution in [0.3, 0.4) is 0 Å². The molecule has 1 N–H and O–H groups in total. The number of aryl methyl sites for hydroxylation is 2. The van der Waals surface area contributed by atoms with Crippen molar-refractivity contribution in [3.63, 3.8) is 0 Å². The van der Waals surface area contributed by atoms with E-state index in [0.29, 0.717) is 13.1 Å². The number of aromatic nitrogens is 2. The van der Waals surface area contributed by atoms with E-state index >= 15 is 0 Å². The molecule has 1 heterocycles. The minimum atomic E-state index is -0.0157. The topological polar surface area (TPSA) is 50.2 Å². The molecular formula is C20H24N4O. The maximum atomic E-state index is 12.5. The van der Waals surface area contributed by atoms with Crippen molar-refractivity contribution >= 4 is 22.4 Å². The van der Waals surface area contributed by atoms with Gasteiger partial charge in [-0.3, -0.25) is 14.4 Å². The number of nitrogens with one attached hydrogen (secondary N) is 1. The Bertz CT molecular complexity index is 908. The largest absolute Gasteiger partial charge is 0.324 e. The van der Waals surface area contributed by atoms with Gasteiger partial charge in [-0.15, -0.1) is 0 Å². The molecule has 5 heteroatoms. The van der Waals surface area contributed by atoms with E-state index in [1.54, 1.807) is 0 Å². The smallest absolute Gasteiger partial charge is 0.238 e. The lowest BCUT2D eigenvalue weighted by Gasteiger charge is -2.17. The highest BCUT2D eigenvalue weighted by Gasteiger charge is 2.14. The minimum Gasteiger partial charge on any atom is -0.324 e. The molecule has 0 bridgehead atoms. The fourth-order valence-corrected chi connectivity index (χ4v) is 3.14. The lowest BCUT2D eigenvalue weighted by molar-refractivity contribution is -0.117. The molecule has 130 valence electrons. The van der Waals surface area contributed by atoms with Crippen molar-refractivity contribution in [3.05, 3.63) is 59.4 Å². The number of rotatable bonds is 5. The van der Waals surface area contributed by atoms with E-state index in [4.69, 9.17) is 0 Å². The standard InChI is InChI=1S/C20H24N4O/c1-14-18(15(2)24(4)22-14)12-23(3)13-20(25)21-19-11-7-9-16-8-5-6-10-17(16)19/h5-11H,12-13H2,1-4H3,(H,21,25). The Morgan fingerprint density at radius 3 is 2.60 bits per heavy atom. The first-order valence-electron chi connectivity index (χ1n) is 8.41. The zero-order chi connectivity index (χ0) is 18.0. The maximum Gasteiger partial charge on any atom is 0.238 e. The van der Waals surface area contributed by atoms with Crippen LogP contribution >= 0.6 is 0 Å². The highest BCUT2D eigenvalue weighted by Crippen LogP contribution is 2.23. The van der Waals surface area contributed by atoms with Crippen molar-refractivity contribution < 1.29 is 4.79 Å². The first kappa shape index (κ1) is 17.2. The van der Waals surface area contributed by atoms with Crippen LogP contribution in [-0.2, 0) is 18.4 Å². The van der Waals surface area contributed by atoms with E-state index in [-0.39, 0.29) is 5.91 Å². The summed E-state index contributed by atoms with van der Waals surface area (Å²) in [6.45, 7) is 5.09. The van der Waals surface area contributed by atoms with E-state index in [0.717, 1.165) is 27.8 Å². The van der Waals surface area contributed by atoms with Gasteiger partial charge in [0, 0.05) is 35.9 Å². The van der Waals surface area contributed by atoms with Crippen LogP contribution in [0.15, 0.2) is 42.5 Å². The van der Waals surface area contributed by atoms with Gasteiger partial charge in [0.25, 0.3) is 0 Å². The molecular weight excluding hydrogens is 312 g/mol. The average Bonchev–Trinajstić information content (AvgIpc) is 2.81. The molecule has 1 aromatic heterocycles. The van der Waals surface area contributed by atoms with E-state index < -0.39 is 0 Å². The summed E-state index contributed by atoms with van der Waals surface area (Å²) in [6.07, 6.45) is 0. The fraction of sp³-hybridized carbons (Fsp3) is 0.300. The molecule has 0 saturated carbocycles. The zero-order valence-electron chi connectivity index (χ0n) is 15.2. The molecule has 3 aromatic rings. The summed E-state index contributed by atoms with van der Waals surface area (Å²) in [5.41, 5.74) is 4.19. The fourth-order valence-electron chi connectivity index (χ4n) is 3.14. The van der Waals surface area contributed by atoms with Gasteiger partial charge < -0.3 is 5.32 Å². The zero-order valence-corrected chi connectivity index (χ0v) is 15.2. The number of benzene rings is 2. The highest BCUT2D eigenvalue weighted by molar-refractivity contribution is 6.02. The second kappa shape index (κ2) is 7.07. The second-order valence-electron chi connectivity index (χ2n) is 6.52. The molecule has 0 aliphatic carbocycles. The molecule has 0 radical (unpaired) electrons. The van der Waals surface area contributed by atoms with Crippen LogP contribution in [0.5, 0.6) is 0 Å². The molecule has 1 amide bonds. The number of anilines is 1. The van der Waals surface area contributed by atoms with Crippen molar-refractivity contribution in [2.75, 3.05) is 18.9 Å². The Labute approximate surface area is 148 Å². The number of nitrogens with zero attached hydrogens (tertiary/aromatic N) is 3. The number of hydrogen-bond donors (Lipinski definition) is 1. The van der Waals surface area contributed by atoms with Gasteiger partial charge in [0.2, 0.25) is 5.91 Å². The van der Waals surface area contributed by atoms with Crippen molar-refractivity contribution in [2.45, 2.75) is 20.4 Å². The number of likely N-dealkylation sites (N-methyl/N-ethyl adjacent to an activating group) is 1. The van der Waals surface area contributed by atoms with E-state index in [1.165, 1.54) is 5.56 Å². The third-order valence-electron chi connectivity index (χ3n) is 4.56. The van der Waals surface area contributed by atoms with Crippen LogP contribution in [0.2, 0.25) is 0 Å². The number of carbonyl (C=O) groups excluding carboxylic acids is 1. The van der Waals surface area contributed by atoms with E-state index in [1.807, 2.05) is 73.1 Å². The molecule has 0 aliphatic rings. The second-order valence-corrected chi connectivity index (χ2v) is 6.52. The number of carbonyl (C=O) groups is 1. The van der Waals surface area contributed by atoms with Gasteiger partial charge in [0.05, 0.1) is 12.2 Å². The maximum absolute atomic E-state index is 12.5. The molecule has 5 nitrogen and oxygen atoms in total. The summed E-state index contributed by atoms with van der Waals surface area (Å²) < 4.78 is 1.88. The predicted molar refractivity (Wildman–Crippen MR) is 102 cm³/mol. The quantitative estimate of drug-likeness (QED) is 0.778. The van der Waals surface area contributed by atoms with Crippen LogP contribution in [0.4, 0.5) is 5.69 Å². The summed E-state index contributed by atoms with van der Waals surface area (Å²) in [6, 6.07) is 14.0. The average molecular weight is 336 g/mol. The lowest BCUT2D eigenvalue weighted by atomic mass is 10.1. The third kappa shape index (κ3) is 3.72. The Kier molecular flexibility index (Phi) is 4.86. The van der Waals surface area contributed by atoms with Crippen molar-refractivity contribution in [1.82, 2.24) is 14.7 Å². The summed E-state index contributed by atoms with van der Waals surface area (Å²) in [7, 11) is 3.90. The third-order valence-corrected chi connectivity index (χ3v) is 4.56. The van der Waals surface area contributed by atoms with Crippen LogP contribution < -0.4 is 5.32 Å². The van der Waals surface area contributed by atoms with Crippen molar-refractivity contribution in [1.29, 1.82) is 0 Å². The van der Waals surface area contributed by atoms with E-state index in [2.05, 4.69) is 17.3 Å². The van der Waals surface area contributed by atoms with Crippen molar-refractivity contribution in [2.24, 2.45) is 7.05 Å². The predicted octanol–water partition coefficient (Wildman–Crippen LogP) is 3.26. The van der Waals surface area contributed by atoms with Crippen molar-refractivity contribution in [3.8, 4) is 0 Å². The van der Waals surface area contributed by atoms with Gasteiger partial charge in [-0.05, 0) is 32.3 Å². The van der Waals surface area contributed by atoms with Gasteiger partial charge in [0.15, 0.2) is 0 Å². The first-order valence-corrected chi connectivity index (χ1v) is 8.41. The number of fused-ring (bicyclic) bond motifs is 1. The molecule has 0 fully saturated rings. The normalized spacial score (nSPS) is 11.2. The number of hydrogen-bond acceptors (Lipinski definition) is 3. The van der Waals surface area contributed by atoms with Crippen LogP contribution in [0, 0.1) is 13.8 Å². The summed E-state index contributed by atoms with van der Waals surface area (Å²) in [4.78, 5) is 14.5.